The van der Waals surface area contributed by atoms with Crippen LogP contribution >= 0.6 is 0 Å². The van der Waals surface area contributed by atoms with Crippen molar-refractivity contribution in [3.63, 3.8) is 0 Å². The number of anilines is 1. The summed E-state index contributed by atoms with van der Waals surface area (Å²) in [7, 11) is 0. The van der Waals surface area contributed by atoms with Crippen molar-refractivity contribution in [3.05, 3.63) is 71.8 Å². The van der Waals surface area contributed by atoms with Crippen molar-refractivity contribution in [2.24, 2.45) is 0 Å². The number of para-hydroxylation sites is 1. The molecule has 0 saturated carbocycles. The summed E-state index contributed by atoms with van der Waals surface area (Å²) >= 11 is 0. The number of carbonyl (C=O) groups is 2. The van der Waals surface area contributed by atoms with Gasteiger partial charge in [-0.2, -0.15) is 13.2 Å². The molecule has 0 spiro atoms. The molecule has 0 radical (unpaired) electrons. The molecule has 2 amide bonds. The highest BCUT2D eigenvalue weighted by Gasteiger charge is 2.31. The zero-order chi connectivity index (χ0) is 24.5. The van der Waals surface area contributed by atoms with Gasteiger partial charge >= 0.3 is 6.18 Å². The molecule has 1 saturated heterocycles. The van der Waals surface area contributed by atoms with Crippen molar-refractivity contribution in [1.29, 1.82) is 0 Å². The van der Waals surface area contributed by atoms with Crippen molar-refractivity contribution >= 4 is 28.8 Å². The van der Waals surface area contributed by atoms with E-state index in [0.717, 1.165) is 23.2 Å². The summed E-state index contributed by atoms with van der Waals surface area (Å²) in [6, 6.07) is 9.30. The van der Waals surface area contributed by atoms with Gasteiger partial charge < -0.3 is 14.2 Å². The third kappa shape index (κ3) is 4.67. The Morgan fingerprint density at radius 2 is 2.00 bits per heavy atom. The molecule has 0 unspecified atom stereocenters. The van der Waals surface area contributed by atoms with Crippen LogP contribution in [0.3, 0.4) is 0 Å². The van der Waals surface area contributed by atoms with E-state index in [1.807, 2.05) is 19.1 Å². The minimum Gasteiger partial charge on any atom is -0.377 e. The second kappa shape index (κ2) is 9.30. The molecule has 1 aliphatic rings. The van der Waals surface area contributed by atoms with Crippen molar-refractivity contribution in [3.8, 4) is 0 Å². The van der Waals surface area contributed by atoms with Gasteiger partial charge in [-0.15, -0.1) is 0 Å². The Balaban J connectivity index is 1.75. The Morgan fingerprint density at radius 3 is 2.74 bits per heavy atom. The third-order valence-corrected chi connectivity index (χ3v) is 5.69. The van der Waals surface area contributed by atoms with E-state index < -0.39 is 23.7 Å². The molecule has 0 bridgehead atoms. The van der Waals surface area contributed by atoms with Gasteiger partial charge in [0.1, 0.15) is 0 Å². The summed E-state index contributed by atoms with van der Waals surface area (Å²) in [6.45, 7) is 6.71. The van der Waals surface area contributed by atoms with Crippen LogP contribution in [0.1, 0.15) is 27.5 Å². The molecule has 1 N–H and O–H groups in total. The summed E-state index contributed by atoms with van der Waals surface area (Å²) in [5.74, 6) is -0.812. The third-order valence-electron chi connectivity index (χ3n) is 5.69. The van der Waals surface area contributed by atoms with Crippen molar-refractivity contribution in [2.45, 2.75) is 19.1 Å². The monoisotopic (exact) mass is 472 g/mol. The molecule has 34 heavy (non-hydrogen) atoms. The van der Waals surface area contributed by atoms with Crippen LogP contribution in [-0.4, -0.2) is 52.6 Å². The first kappa shape index (κ1) is 23.5. The van der Waals surface area contributed by atoms with Crippen LogP contribution in [0.2, 0.25) is 0 Å². The number of fused-ring (bicyclic) bond motifs is 1. The minimum atomic E-state index is -4.57. The fourth-order valence-electron chi connectivity index (χ4n) is 4.05. The molecular formula is C24H23F3N4O3. The Labute approximate surface area is 193 Å². The number of rotatable bonds is 4. The average Bonchev–Trinajstić information content (AvgIpc) is 3.00. The standard InChI is InChI=1S/C24H23F3N4O3/c1-3-20(32)30-10-11-34-14-18(13-30)31-21-15(2)6-4-9-19(21)28-23(31)29-22(33)16-7-5-8-17(12-16)24(25,26)27/h3-9,12,18H,1,10-11,13-14H2,2H3,(H,28,29,33)/t18-/m0/s1. The van der Waals surface area contributed by atoms with Crippen LogP contribution in [0.25, 0.3) is 11.0 Å². The molecular weight excluding hydrogens is 449 g/mol. The number of alkyl halides is 3. The van der Waals surface area contributed by atoms with E-state index >= 15 is 0 Å². The predicted molar refractivity (Wildman–Crippen MR) is 121 cm³/mol. The Kier molecular flexibility index (Phi) is 6.43. The highest BCUT2D eigenvalue weighted by molar-refractivity contribution is 6.04. The van der Waals surface area contributed by atoms with Crippen LogP contribution < -0.4 is 5.32 Å². The maximum Gasteiger partial charge on any atom is 0.416 e. The van der Waals surface area contributed by atoms with Gasteiger partial charge in [-0.05, 0) is 42.8 Å². The molecule has 10 heteroatoms. The van der Waals surface area contributed by atoms with E-state index in [9.17, 15) is 22.8 Å². The number of hydrogen-bond donors (Lipinski definition) is 1. The quantitative estimate of drug-likeness (QED) is 0.578. The molecule has 2 heterocycles. The molecule has 1 atom stereocenters. The summed E-state index contributed by atoms with van der Waals surface area (Å²) in [5.41, 5.74) is 1.16. The molecule has 7 nitrogen and oxygen atoms in total. The fraction of sp³-hybridized carbons (Fsp3) is 0.292. The SMILES string of the molecule is C=CC(=O)N1CCOC[C@@H](n2c(NC(=O)c3cccc(C(F)(F)F)c3)nc3cccc(C)c32)C1. The summed E-state index contributed by atoms with van der Waals surface area (Å²) in [5, 5.41) is 2.66. The van der Waals surface area contributed by atoms with Crippen LogP contribution in [0.4, 0.5) is 19.1 Å². The van der Waals surface area contributed by atoms with Crippen LogP contribution in [0.5, 0.6) is 0 Å². The first-order chi connectivity index (χ1) is 16.2. The van der Waals surface area contributed by atoms with Gasteiger partial charge in [0.25, 0.3) is 5.91 Å². The molecule has 1 aromatic heterocycles. The number of carbonyl (C=O) groups excluding carboxylic acids is 2. The molecule has 1 fully saturated rings. The number of benzene rings is 2. The van der Waals surface area contributed by atoms with E-state index in [2.05, 4.69) is 16.9 Å². The number of hydrogen-bond acceptors (Lipinski definition) is 4. The van der Waals surface area contributed by atoms with Gasteiger partial charge in [0, 0.05) is 18.7 Å². The van der Waals surface area contributed by atoms with Gasteiger partial charge in [0.05, 0.1) is 35.9 Å². The lowest BCUT2D eigenvalue weighted by Gasteiger charge is -2.25. The number of halogens is 3. The first-order valence-corrected chi connectivity index (χ1v) is 10.6. The van der Waals surface area contributed by atoms with Crippen LogP contribution in [-0.2, 0) is 15.7 Å². The zero-order valence-corrected chi connectivity index (χ0v) is 18.4. The normalized spacial score (nSPS) is 16.8. The predicted octanol–water partition coefficient (Wildman–Crippen LogP) is 4.20. The molecule has 178 valence electrons. The maximum absolute atomic E-state index is 13.1. The van der Waals surface area contributed by atoms with Gasteiger partial charge in [0.2, 0.25) is 11.9 Å². The number of imidazole rings is 1. The van der Waals surface area contributed by atoms with Gasteiger partial charge in [-0.25, -0.2) is 4.98 Å². The van der Waals surface area contributed by atoms with Crippen LogP contribution in [0, 0.1) is 6.92 Å². The smallest absolute Gasteiger partial charge is 0.377 e. The Morgan fingerprint density at radius 1 is 1.24 bits per heavy atom. The first-order valence-electron chi connectivity index (χ1n) is 10.6. The molecule has 2 aromatic carbocycles. The van der Waals surface area contributed by atoms with Crippen molar-refractivity contribution < 1.29 is 27.5 Å². The Hall–Kier alpha value is -3.66. The van der Waals surface area contributed by atoms with Gasteiger partial charge in [0.15, 0.2) is 0 Å². The van der Waals surface area contributed by atoms with E-state index in [4.69, 9.17) is 4.74 Å². The topological polar surface area (TPSA) is 76.5 Å². The number of amides is 2. The number of nitrogens with one attached hydrogen (secondary N) is 1. The van der Waals surface area contributed by atoms with Crippen molar-refractivity contribution in [1.82, 2.24) is 14.5 Å². The fourth-order valence-corrected chi connectivity index (χ4v) is 4.05. The van der Waals surface area contributed by atoms with E-state index in [1.54, 1.807) is 15.5 Å². The van der Waals surface area contributed by atoms with Crippen LogP contribution in [0.15, 0.2) is 55.1 Å². The van der Waals surface area contributed by atoms with E-state index in [1.165, 1.54) is 18.2 Å². The van der Waals surface area contributed by atoms with Gasteiger partial charge in [-0.3, -0.25) is 14.9 Å². The molecule has 4 rings (SSSR count). The van der Waals surface area contributed by atoms with Crippen molar-refractivity contribution in [2.75, 3.05) is 31.6 Å². The largest absolute Gasteiger partial charge is 0.416 e. The summed E-state index contributed by atoms with van der Waals surface area (Å²) in [6.07, 6.45) is -3.34. The lowest BCUT2D eigenvalue weighted by molar-refractivity contribution is -0.137. The lowest BCUT2D eigenvalue weighted by atomic mass is 10.1. The molecule has 3 aromatic rings. The average molecular weight is 472 g/mol. The summed E-state index contributed by atoms with van der Waals surface area (Å²) in [4.78, 5) is 31.4. The maximum atomic E-state index is 13.1. The minimum absolute atomic E-state index is 0.147. The number of aromatic nitrogens is 2. The lowest BCUT2D eigenvalue weighted by Crippen LogP contribution is -2.36. The Bertz CT molecular complexity index is 1250. The second-order valence-corrected chi connectivity index (χ2v) is 8.00. The molecule has 1 aliphatic heterocycles. The number of ether oxygens (including phenoxy) is 1. The highest BCUT2D eigenvalue weighted by atomic mass is 19.4. The number of nitrogens with zero attached hydrogens (tertiary/aromatic N) is 3. The second-order valence-electron chi connectivity index (χ2n) is 8.00. The highest BCUT2D eigenvalue weighted by Crippen LogP contribution is 2.31. The zero-order valence-electron chi connectivity index (χ0n) is 18.4. The summed E-state index contributed by atoms with van der Waals surface area (Å²) < 4.78 is 46.9. The van der Waals surface area contributed by atoms with E-state index in [0.29, 0.717) is 18.7 Å². The van der Waals surface area contributed by atoms with E-state index in [-0.39, 0.29) is 30.6 Å². The molecule has 0 aliphatic carbocycles. The number of aryl methyl sites for hydroxylation is 1. The van der Waals surface area contributed by atoms with Gasteiger partial charge in [-0.1, -0.05) is 24.8 Å².